The van der Waals surface area contributed by atoms with Gasteiger partial charge in [0.2, 0.25) is 0 Å². The van der Waals surface area contributed by atoms with Crippen molar-refractivity contribution in [3.63, 3.8) is 0 Å². The summed E-state index contributed by atoms with van der Waals surface area (Å²) in [7, 11) is 1.88. The van der Waals surface area contributed by atoms with E-state index in [1.54, 1.807) is 29.5 Å². The highest BCUT2D eigenvalue weighted by molar-refractivity contribution is 7.09. The smallest absolute Gasteiger partial charge is 0.178 e. The Labute approximate surface area is 132 Å². The Bertz CT molecular complexity index is 627. The summed E-state index contributed by atoms with van der Waals surface area (Å²) in [5.41, 5.74) is 1.43. The van der Waals surface area contributed by atoms with Crippen LogP contribution in [0.25, 0.3) is 0 Å². The van der Waals surface area contributed by atoms with Gasteiger partial charge in [0.05, 0.1) is 22.3 Å². The third-order valence-corrected chi connectivity index (χ3v) is 4.13. The van der Waals surface area contributed by atoms with Crippen molar-refractivity contribution in [3.8, 4) is 0 Å². The van der Waals surface area contributed by atoms with Crippen LogP contribution in [0.4, 0.5) is 0 Å². The minimum absolute atomic E-state index is 0.0491. The highest BCUT2D eigenvalue weighted by Gasteiger charge is 2.14. The average molecular weight is 329 g/mol. The standard InChI is InChI=1S/C14H14Cl2N2OS/c1-9-17-11(8-20-9)6-18(2)7-14(19)12-5-10(15)3-4-13(12)16/h3-5,8H,6-7H2,1-2H3. The van der Waals surface area contributed by atoms with Gasteiger partial charge >= 0.3 is 0 Å². The lowest BCUT2D eigenvalue weighted by Gasteiger charge is -2.14. The summed E-state index contributed by atoms with van der Waals surface area (Å²) in [4.78, 5) is 18.5. The SMILES string of the molecule is Cc1nc(CN(C)CC(=O)c2cc(Cl)ccc2Cl)cs1. The number of thiazole rings is 1. The summed E-state index contributed by atoms with van der Waals surface area (Å²) in [6.45, 7) is 2.87. The van der Waals surface area contributed by atoms with Gasteiger partial charge in [0, 0.05) is 22.5 Å². The summed E-state index contributed by atoms with van der Waals surface area (Å²) < 4.78 is 0. The number of nitrogens with zero attached hydrogens (tertiary/aromatic N) is 2. The number of carbonyl (C=O) groups excluding carboxylic acids is 1. The maximum Gasteiger partial charge on any atom is 0.178 e. The van der Waals surface area contributed by atoms with E-state index >= 15 is 0 Å². The number of aryl methyl sites for hydroxylation is 1. The number of likely N-dealkylation sites (N-methyl/N-ethyl adjacent to an activating group) is 1. The quantitative estimate of drug-likeness (QED) is 0.775. The molecule has 0 bridgehead atoms. The van der Waals surface area contributed by atoms with Crippen LogP contribution in [0.1, 0.15) is 21.1 Å². The van der Waals surface area contributed by atoms with Crippen molar-refractivity contribution in [1.29, 1.82) is 0 Å². The number of Topliss-reactive ketones (excluding diaryl/α,β-unsaturated/α-hetero) is 1. The minimum atomic E-state index is -0.0491. The van der Waals surface area contributed by atoms with Crippen molar-refractivity contribution < 1.29 is 4.79 Å². The molecule has 0 fully saturated rings. The molecular weight excluding hydrogens is 315 g/mol. The lowest BCUT2D eigenvalue weighted by Crippen LogP contribution is -2.26. The summed E-state index contributed by atoms with van der Waals surface area (Å²) in [6, 6.07) is 4.91. The van der Waals surface area contributed by atoms with Crippen molar-refractivity contribution in [2.45, 2.75) is 13.5 Å². The second-order valence-electron chi connectivity index (χ2n) is 4.58. The zero-order chi connectivity index (χ0) is 14.7. The van der Waals surface area contributed by atoms with Crippen LogP contribution in [-0.4, -0.2) is 29.3 Å². The van der Waals surface area contributed by atoms with E-state index < -0.39 is 0 Å². The van der Waals surface area contributed by atoms with Gasteiger partial charge in [-0.3, -0.25) is 9.69 Å². The van der Waals surface area contributed by atoms with Gasteiger partial charge < -0.3 is 0 Å². The first kappa shape index (κ1) is 15.4. The van der Waals surface area contributed by atoms with E-state index in [2.05, 4.69) is 4.98 Å². The third-order valence-electron chi connectivity index (χ3n) is 2.74. The number of ketones is 1. The third kappa shape index (κ3) is 4.03. The van der Waals surface area contributed by atoms with Crippen LogP contribution in [-0.2, 0) is 6.54 Å². The zero-order valence-electron chi connectivity index (χ0n) is 11.2. The van der Waals surface area contributed by atoms with Gasteiger partial charge in [0.15, 0.2) is 5.78 Å². The van der Waals surface area contributed by atoms with E-state index in [4.69, 9.17) is 23.2 Å². The first-order chi connectivity index (χ1) is 9.45. The van der Waals surface area contributed by atoms with Gasteiger partial charge in [-0.15, -0.1) is 11.3 Å². The molecule has 0 aliphatic rings. The molecular formula is C14H14Cl2N2OS. The molecule has 0 saturated heterocycles. The Kier molecular flexibility index (Phi) is 5.16. The van der Waals surface area contributed by atoms with Gasteiger partial charge in [-0.1, -0.05) is 23.2 Å². The molecule has 1 aromatic heterocycles. The normalized spacial score (nSPS) is 11.1. The van der Waals surface area contributed by atoms with Crippen LogP contribution in [0.15, 0.2) is 23.6 Å². The Morgan fingerprint density at radius 1 is 1.40 bits per heavy atom. The molecule has 6 heteroatoms. The minimum Gasteiger partial charge on any atom is -0.293 e. The van der Waals surface area contributed by atoms with Gasteiger partial charge in [-0.25, -0.2) is 4.98 Å². The molecule has 0 spiro atoms. The monoisotopic (exact) mass is 328 g/mol. The first-order valence-corrected chi connectivity index (χ1v) is 7.67. The van der Waals surface area contributed by atoms with E-state index in [-0.39, 0.29) is 12.3 Å². The van der Waals surface area contributed by atoms with E-state index in [1.165, 1.54) is 0 Å². The lowest BCUT2D eigenvalue weighted by atomic mass is 10.1. The number of halogens is 2. The van der Waals surface area contributed by atoms with Crippen molar-refractivity contribution in [2.75, 3.05) is 13.6 Å². The first-order valence-electron chi connectivity index (χ1n) is 6.03. The molecule has 0 amide bonds. The molecule has 0 saturated carbocycles. The number of rotatable bonds is 5. The number of hydrogen-bond donors (Lipinski definition) is 0. The van der Waals surface area contributed by atoms with E-state index in [0.717, 1.165) is 10.7 Å². The van der Waals surface area contributed by atoms with Crippen molar-refractivity contribution in [2.24, 2.45) is 0 Å². The van der Waals surface area contributed by atoms with Gasteiger partial charge in [0.1, 0.15) is 0 Å². The zero-order valence-corrected chi connectivity index (χ0v) is 13.5. The summed E-state index contributed by atoms with van der Waals surface area (Å²) in [6.07, 6.45) is 0. The van der Waals surface area contributed by atoms with Crippen LogP contribution >= 0.6 is 34.5 Å². The number of aromatic nitrogens is 1. The summed E-state index contributed by atoms with van der Waals surface area (Å²) >= 11 is 13.5. The van der Waals surface area contributed by atoms with Crippen LogP contribution in [0, 0.1) is 6.92 Å². The molecule has 2 rings (SSSR count). The molecule has 1 aromatic carbocycles. The molecule has 106 valence electrons. The van der Waals surface area contributed by atoms with E-state index in [9.17, 15) is 4.79 Å². The Morgan fingerprint density at radius 3 is 2.80 bits per heavy atom. The van der Waals surface area contributed by atoms with Gasteiger partial charge in [0.25, 0.3) is 0 Å². The van der Waals surface area contributed by atoms with Crippen LogP contribution < -0.4 is 0 Å². The number of benzene rings is 1. The second kappa shape index (κ2) is 6.68. The predicted molar refractivity (Wildman–Crippen MR) is 84.0 cm³/mol. The fraction of sp³-hybridized carbons (Fsp3) is 0.286. The molecule has 20 heavy (non-hydrogen) atoms. The van der Waals surface area contributed by atoms with Crippen LogP contribution in [0.5, 0.6) is 0 Å². The molecule has 0 atom stereocenters. The largest absolute Gasteiger partial charge is 0.293 e. The molecule has 1 heterocycles. The molecule has 3 nitrogen and oxygen atoms in total. The molecule has 0 unspecified atom stereocenters. The Hall–Kier alpha value is -0.940. The van der Waals surface area contributed by atoms with E-state index in [1.807, 2.05) is 24.3 Å². The Morgan fingerprint density at radius 2 is 2.15 bits per heavy atom. The fourth-order valence-electron chi connectivity index (χ4n) is 1.85. The second-order valence-corrected chi connectivity index (χ2v) is 6.48. The summed E-state index contributed by atoms with van der Waals surface area (Å²) in [5, 5.41) is 3.97. The summed E-state index contributed by atoms with van der Waals surface area (Å²) in [5.74, 6) is -0.0491. The highest BCUT2D eigenvalue weighted by atomic mass is 35.5. The predicted octanol–water partition coefficient (Wildman–Crippen LogP) is 4.07. The Balaban J connectivity index is 2.02. The maximum absolute atomic E-state index is 12.2. The average Bonchev–Trinajstić information content (AvgIpc) is 2.77. The molecule has 0 aliphatic heterocycles. The molecule has 2 aromatic rings. The lowest BCUT2D eigenvalue weighted by molar-refractivity contribution is 0.0942. The van der Waals surface area contributed by atoms with E-state index in [0.29, 0.717) is 22.2 Å². The van der Waals surface area contributed by atoms with Crippen molar-refractivity contribution in [1.82, 2.24) is 9.88 Å². The van der Waals surface area contributed by atoms with Crippen molar-refractivity contribution in [3.05, 3.63) is 49.9 Å². The van der Waals surface area contributed by atoms with Crippen LogP contribution in [0.2, 0.25) is 10.0 Å². The topological polar surface area (TPSA) is 33.2 Å². The fourth-order valence-corrected chi connectivity index (χ4v) is 2.85. The number of hydrogen-bond acceptors (Lipinski definition) is 4. The molecule has 0 radical (unpaired) electrons. The highest BCUT2D eigenvalue weighted by Crippen LogP contribution is 2.21. The maximum atomic E-state index is 12.2. The van der Waals surface area contributed by atoms with Crippen molar-refractivity contribution >= 4 is 40.3 Å². The number of carbonyl (C=O) groups is 1. The molecule has 0 N–H and O–H groups in total. The van der Waals surface area contributed by atoms with Crippen LogP contribution in [0.3, 0.4) is 0 Å². The van der Waals surface area contributed by atoms with Gasteiger partial charge in [-0.2, -0.15) is 0 Å². The van der Waals surface area contributed by atoms with Gasteiger partial charge in [-0.05, 0) is 32.2 Å². The molecule has 0 aliphatic carbocycles.